The number of amides is 1. The number of ether oxygens (including phenoxy) is 2. The number of hydrogen-bond acceptors (Lipinski definition) is 6. The van der Waals surface area contributed by atoms with Crippen molar-refractivity contribution in [2.75, 3.05) is 26.3 Å². The summed E-state index contributed by atoms with van der Waals surface area (Å²) < 4.78 is 40.4. The molecule has 11 heteroatoms. The number of aromatic amines is 1. The number of aryl methyl sites for hydroxylation is 1. The Labute approximate surface area is 219 Å². The molecule has 3 N–H and O–H groups in total. The van der Waals surface area contributed by atoms with Crippen LogP contribution in [0.4, 0.5) is 0 Å². The average molecular weight is 541 g/mol. The van der Waals surface area contributed by atoms with Crippen molar-refractivity contribution in [2.24, 2.45) is 5.73 Å². The summed E-state index contributed by atoms with van der Waals surface area (Å²) in [5.41, 5.74) is 8.95. The van der Waals surface area contributed by atoms with Crippen molar-refractivity contribution >= 4 is 38.4 Å². The topological polar surface area (TPSA) is 128 Å². The summed E-state index contributed by atoms with van der Waals surface area (Å²) in [6.45, 7) is 2.52. The number of pyridine rings is 1. The zero-order valence-electron chi connectivity index (χ0n) is 20.0. The molecule has 1 aliphatic heterocycles. The second kappa shape index (κ2) is 10.1. The van der Waals surface area contributed by atoms with Crippen molar-refractivity contribution in [3.63, 3.8) is 0 Å². The van der Waals surface area contributed by atoms with Crippen LogP contribution in [0.15, 0.2) is 65.8 Å². The normalized spacial score (nSPS) is 16.6. The lowest BCUT2D eigenvalue weighted by atomic mass is 10.0. The number of aromatic nitrogens is 2. The minimum absolute atomic E-state index is 0.0574. The quantitative estimate of drug-likeness (QED) is 0.367. The number of carbonyl (C=O) groups is 1. The van der Waals surface area contributed by atoms with E-state index in [4.69, 9.17) is 26.8 Å². The van der Waals surface area contributed by atoms with Gasteiger partial charge in [-0.25, -0.2) is 8.42 Å². The standard InChI is InChI=1S/C26H25ClN4O5S/c1-16-12-19(3-4-21(16)17-6-8-29-9-7-17)36-15-20-14-31(10-11-35-20)37(33,34)25-22-13-18(27)2-5-23(22)30-24(25)26(28)32/h2-9,12-13,20,30H,10-11,14-15H2,1H3,(H2,28,32)/t20-/m0/s1. The van der Waals surface area contributed by atoms with E-state index in [0.29, 0.717) is 21.7 Å². The fourth-order valence-electron chi connectivity index (χ4n) is 4.49. The molecule has 1 saturated heterocycles. The third kappa shape index (κ3) is 5.05. The summed E-state index contributed by atoms with van der Waals surface area (Å²) in [4.78, 5) is 18.8. The van der Waals surface area contributed by atoms with Gasteiger partial charge < -0.3 is 20.2 Å². The first-order chi connectivity index (χ1) is 17.7. The van der Waals surface area contributed by atoms with Gasteiger partial charge in [-0.3, -0.25) is 9.78 Å². The summed E-state index contributed by atoms with van der Waals surface area (Å²) in [5.74, 6) is -0.217. The maximum Gasteiger partial charge on any atom is 0.266 e. The smallest absolute Gasteiger partial charge is 0.266 e. The maximum absolute atomic E-state index is 13.7. The van der Waals surface area contributed by atoms with Gasteiger partial charge in [0.05, 0.1) is 6.61 Å². The summed E-state index contributed by atoms with van der Waals surface area (Å²) in [6.07, 6.45) is 2.99. The number of nitrogens with one attached hydrogen (secondary N) is 1. The van der Waals surface area contributed by atoms with E-state index in [1.807, 2.05) is 37.3 Å². The van der Waals surface area contributed by atoms with Crippen LogP contribution >= 0.6 is 11.6 Å². The van der Waals surface area contributed by atoms with E-state index in [-0.39, 0.29) is 36.9 Å². The van der Waals surface area contributed by atoms with Crippen LogP contribution in [0.5, 0.6) is 5.75 Å². The van der Waals surface area contributed by atoms with Gasteiger partial charge in [0.1, 0.15) is 29.0 Å². The number of rotatable bonds is 7. The van der Waals surface area contributed by atoms with Crippen molar-refractivity contribution in [2.45, 2.75) is 17.9 Å². The Bertz CT molecular complexity index is 1570. The number of halogens is 1. The molecular weight excluding hydrogens is 516 g/mol. The molecule has 1 amide bonds. The molecule has 4 aromatic rings. The molecule has 37 heavy (non-hydrogen) atoms. The number of hydrogen-bond donors (Lipinski definition) is 2. The first-order valence-electron chi connectivity index (χ1n) is 11.6. The molecule has 5 rings (SSSR count). The minimum atomic E-state index is -4.09. The van der Waals surface area contributed by atoms with Crippen LogP contribution in [0, 0.1) is 6.92 Å². The molecule has 2 aromatic heterocycles. The third-order valence-corrected chi connectivity index (χ3v) is 8.47. The van der Waals surface area contributed by atoms with Crippen molar-refractivity contribution in [3.05, 3.63) is 77.2 Å². The molecule has 0 spiro atoms. The molecule has 0 unspecified atom stereocenters. The summed E-state index contributed by atoms with van der Waals surface area (Å²) in [5, 5.41) is 0.655. The zero-order chi connectivity index (χ0) is 26.2. The first kappa shape index (κ1) is 25.2. The molecule has 2 aromatic carbocycles. The number of nitrogens with zero attached hydrogens (tertiary/aromatic N) is 2. The fourth-order valence-corrected chi connectivity index (χ4v) is 6.46. The lowest BCUT2D eigenvalue weighted by Gasteiger charge is -2.32. The molecule has 192 valence electrons. The Kier molecular flexibility index (Phi) is 6.91. The molecule has 3 heterocycles. The Hall–Kier alpha value is -3.44. The van der Waals surface area contributed by atoms with Crippen molar-refractivity contribution in [3.8, 4) is 16.9 Å². The van der Waals surface area contributed by atoms with Gasteiger partial charge in [0.2, 0.25) is 10.0 Å². The van der Waals surface area contributed by atoms with Gasteiger partial charge in [0.25, 0.3) is 5.91 Å². The first-order valence-corrected chi connectivity index (χ1v) is 13.4. The van der Waals surface area contributed by atoms with E-state index in [1.165, 1.54) is 10.4 Å². The van der Waals surface area contributed by atoms with Gasteiger partial charge in [-0.05, 0) is 66.1 Å². The molecule has 0 radical (unpaired) electrons. The number of benzene rings is 2. The Morgan fingerprint density at radius 3 is 2.73 bits per heavy atom. The summed E-state index contributed by atoms with van der Waals surface area (Å²) in [7, 11) is -4.09. The summed E-state index contributed by atoms with van der Waals surface area (Å²) in [6, 6.07) is 14.4. The number of nitrogens with two attached hydrogens (primary N) is 1. The van der Waals surface area contributed by atoms with Crippen LogP contribution < -0.4 is 10.5 Å². The maximum atomic E-state index is 13.7. The lowest BCUT2D eigenvalue weighted by molar-refractivity contribution is -0.0249. The van der Waals surface area contributed by atoms with Crippen LogP contribution in [0.2, 0.25) is 5.02 Å². The molecule has 1 fully saturated rings. The van der Waals surface area contributed by atoms with Gasteiger partial charge in [0.15, 0.2) is 0 Å². The van der Waals surface area contributed by atoms with Gasteiger partial charge >= 0.3 is 0 Å². The summed E-state index contributed by atoms with van der Waals surface area (Å²) >= 11 is 6.12. The van der Waals surface area contributed by atoms with Gasteiger partial charge in [-0.15, -0.1) is 0 Å². The van der Waals surface area contributed by atoms with E-state index in [0.717, 1.165) is 16.7 Å². The zero-order valence-corrected chi connectivity index (χ0v) is 21.6. The SMILES string of the molecule is Cc1cc(OC[C@@H]2CN(S(=O)(=O)c3c(C(N)=O)[nH]c4ccc(Cl)cc34)CCO2)ccc1-c1ccncc1. The largest absolute Gasteiger partial charge is 0.491 e. The molecular formula is C26H25ClN4O5S. The highest BCUT2D eigenvalue weighted by Gasteiger charge is 2.36. The van der Waals surface area contributed by atoms with Crippen molar-refractivity contribution < 1.29 is 22.7 Å². The molecule has 0 aliphatic carbocycles. The number of carbonyl (C=O) groups excluding carboxylic acids is 1. The van der Waals surface area contributed by atoms with E-state index in [1.54, 1.807) is 24.5 Å². The number of H-pyrrole nitrogens is 1. The molecule has 0 bridgehead atoms. The van der Waals surface area contributed by atoms with Crippen LogP contribution in [0.1, 0.15) is 16.1 Å². The Balaban J connectivity index is 1.33. The lowest BCUT2D eigenvalue weighted by Crippen LogP contribution is -2.47. The van der Waals surface area contributed by atoms with E-state index < -0.39 is 22.0 Å². The molecule has 1 atom stereocenters. The third-order valence-electron chi connectivity index (χ3n) is 6.28. The fraction of sp³-hybridized carbons (Fsp3) is 0.231. The average Bonchev–Trinajstić information content (AvgIpc) is 3.28. The monoisotopic (exact) mass is 540 g/mol. The number of sulfonamides is 1. The highest BCUT2D eigenvalue weighted by molar-refractivity contribution is 7.89. The van der Waals surface area contributed by atoms with Gasteiger partial charge in [-0.1, -0.05) is 17.7 Å². The molecule has 0 saturated carbocycles. The molecule has 1 aliphatic rings. The minimum Gasteiger partial charge on any atom is -0.491 e. The second-order valence-electron chi connectivity index (χ2n) is 8.76. The van der Waals surface area contributed by atoms with Gasteiger partial charge in [-0.2, -0.15) is 4.31 Å². The predicted octanol–water partition coefficient (Wildman–Crippen LogP) is 3.76. The number of morpholine rings is 1. The molecule has 9 nitrogen and oxygen atoms in total. The number of fused-ring (bicyclic) bond motifs is 1. The predicted molar refractivity (Wildman–Crippen MR) is 140 cm³/mol. The van der Waals surface area contributed by atoms with E-state index in [2.05, 4.69) is 9.97 Å². The van der Waals surface area contributed by atoms with Crippen LogP contribution in [-0.4, -0.2) is 61.0 Å². The van der Waals surface area contributed by atoms with E-state index >= 15 is 0 Å². The Morgan fingerprint density at radius 1 is 1.22 bits per heavy atom. The van der Waals surface area contributed by atoms with Crippen LogP contribution in [0.3, 0.4) is 0 Å². The second-order valence-corrected chi connectivity index (χ2v) is 11.1. The highest BCUT2D eigenvalue weighted by atomic mass is 35.5. The Morgan fingerprint density at radius 2 is 2.00 bits per heavy atom. The van der Waals surface area contributed by atoms with E-state index in [9.17, 15) is 13.2 Å². The van der Waals surface area contributed by atoms with Crippen molar-refractivity contribution in [1.82, 2.24) is 14.3 Å². The highest BCUT2D eigenvalue weighted by Crippen LogP contribution is 2.32. The van der Waals surface area contributed by atoms with Crippen molar-refractivity contribution in [1.29, 1.82) is 0 Å². The van der Waals surface area contributed by atoms with Gasteiger partial charge in [0, 0.05) is 41.4 Å². The number of primary amides is 1. The van der Waals surface area contributed by atoms with Crippen LogP contribution in [0.25, 0.3) is 22.0 Å². The van der Waals surface area contributed by atoms with Crippen LogP contribution in [-0.2, 0) is 14.8 Å².